The molecule has 0 saturated heterocycles. The zero-order valence-corrected chi connectivity index (χ0v) is 15.6. The summed E-state index contributed by atoms with van der Waals surface area (Å²) in [6, 6.07) is 12.9. The van der Waals surface area contributed by atoms with Gasteiger partial charge in [0.05, 0.1) is 11.5 Å². The van der Waals surface area contributed by atoms with Crippen LogP contribution in [0.1, 0.15) is 11.1 Å². The monoisotopic (exact) mass is 418 g/mol. The number of nitrogens with zero attached hydrogens (tertiary/aromatic N) is 1. The van der Waals surface area contributed by atoms with Gasteiger partial charge in [0.1, 0.15) is 6.54 Å². The van der Waals surface area contributed by atoms with Gasteiger partial charge in [-0.2, -0.15) is 13.2 Å². The molecular weight excluding hydrogens is 400 g/mol. The number of halogens is 3. The molecule has 3 N–H and O–H groups in total. The van der Waals surface area contributed by atoms with Gasteiger partial charge in [-0.05, 0) is 35.6 Å². The molecule has 30 heavy (non-hydrogen) atoms. The van der Waals surface area contributed by atoms with Crippen LogP contribution in [0.25, 0.3) is 10.8 Å². The lowest BCUT2D eigenvalue weighted by molar-refractivity contribution is -0.137. The maximum atomic E-state index is 12.9. The summed E-state index contributed by atoms with van der Waals surface area (Å²) in [7, 11) is -2.00. The van der Waals surface area contributed by atoms with Crippen LogP contribution in [0.15, 0.2) is 65.6 Å². The molecule has 1 aromatic heterocycles. The van der Waals surface area contributed by atoms with E-state index < -0.39 is 30.7 Å². The fraction of sp³-hybridized carbons (Fsp3) is 0.200. The van der Waals surface area contributed by atoms with Crippen molar-refractivity contribution in [1.82, 2.24) is 9.88 Å². The summed E-state index contributed by atoms with van der Waals surface area (Å²) in [6.07, 6.45) is -3.33. The highest BCUT2D eigenvalue weighted by molar-refractivity contribution is 6.43. The number of amides is 1. The molecule has 3 rings (SSSR count). The molecule has 2 aromatic carbocycles. The van der Waals surface area contributed by atoms with Gasteiger partial charge in [-0.25, -0.2) is 0 Å². The predicted molar refractivity (Wildman–Crippen MR) is 105 cm³/mol. The Morgan fingerprint density at radius 3 is 2.53 bits per heavy atom. The lowest BCUT2D eigenvalue weighted by atomic mass is 9.75. The Labute approximate surface area is 169 Å². The normalized spacial score (nSPS) is 12.6. The molecule has 0 aliphatic rings. The molecule has 1 heterocycles. The summed E-state index contributed by atoms with van der Waals surface area (Å²) in [5, 5.41) is 22.6. The Hall–Kier alpha value is -3.11. The first-order valence-electron chi connectivity index (χ1n) is 9.05. The molecule has 0 saturated carbocycles. The summed E-state index contributed by atoms with van der Waals surface area (Å²) in [5.41, 5.74) is -1.09. The first-order chi connectivity index (χ1) is 14.1. The van der Waals surface area contributed by atoms with Crippen LogP contribution in [-0.2, 0) is 23.9 Å². The van der Waals surface area contributed by atoms with E-state index in [4.69, 9.17) is 0 Å². The molecule has 6 nitrogen and oxygen atoms in total. The number of benzene rings is 2. The van der Waals surface area contributed by atoms with Crippen molar-refractivity contribution < 1.29 is 28.0 Å². The van der Waals surface area contributed by atoms with Crippen molar-refractivity contribution in [3.05, 3.63) is 82.3 Å². The molecule has 0 fully saturated rings. The van der Waals surface area contributed by atoms with Gasteiger partial charge in [0.2, 0.25) is 5.91 Å². The third-order valence-corrected chi connectivity index (χ3v) is 4.62. The molecule has 0 radical (unpaired) electrons. The molecule has 0 aliphatic carbocycles. The van der Waals surface area contributed by atoms with Crippen LogP contribution < -0.4 is 10.9 Å². The van der Waals surface area contributed by atoms with Gasteiger partial charge in [-0.15, -0.1) is 0 Å². The fourth-order valence-corrected chi connectivity index (χ4v) is 3.12. The van der Waals surface area contributed by atoms with Gasteiger partial charge < -0.3 is 19.9 Å². The molecule has 1 amide bonds. The van der Waals surface area contributed by atoms with Gasteiger partial charge in [0.15, 0.2) is 0 Å². The molecule has 0 bridgehead atoms. The third-order valence-electron chi connectivity index (χ3n) is 4.62. The number of carbonyl (C=O) groups excluding carboxylic acids is 1. The number of rotatable bonds is 6. The SMILES string of the molecule is O=C(Cn1ccc2ccccc2c1=O)N[C@@H](Cc1cccc(C(F)(F)F)c1)B(O)O. The fourth-order valence-electron chi connectivity index (χ4n) is 3.12. The second-order valence-electron chi connectivity index (χ2n) is 6.83. The van der Waals surface area contributed by atoms with E-state index in [9.17, 15) is 32.8 Å². The summed E-state index contributed by atoms with van der Waals surface area (Å²) in [5.74, 6) is -1.94. The Morgan fingerprint density at radius 1 is 1.10 bits per heavy atom. The van der Waals surface area contributed by atoms with Crippen molar-refractivity contribution in [3.8, 4) is 0 Å². The van der Waals surface area contributed by atoms with Crippen molar-refractivity contribution in [1.29, 1.82) is 0 Å². The summed E-state index contributed by atoms with van der Waals surface area (Å²) < 4.78 is 39.8. The van der Waals surface area contributed by atoms with Crippen LogP contribution >= 0.6 is 0 Å². The van der Waals surface area contributed by atoms with Crippen molar-refractivity contribution >= 4 is 23.8 Å². The highest BCUT2D eigenvalue weighted by Gasteiger charge is 2.31. The molecule has 3 aromatic rings. The van der Waals surface area contributed by atoms with E-state index in [0.717, 1.165) is 12.1 Å². The van der Waals surface area contributed by atoms with Crippen LogP contribution in [0.5, 0.6) is 0 Å². The number of hydrogen-bond donors (Lipinski definition) is 3. The molecule has 10 heteroatoms. The third kappa shape index (κ3) is 5.08. The summed E-state index contributed by atoms with van der Waals surface area (Å²) in [6.45, 7) is -0.379. The molecule has 156 valence electrons. The van der Waals surface area contributed by atoms with Crippen LogP contribution in [0.2, 0.25) is 0 Å². The zero-order valence-electron chi connectivity index (χ0n) is 15.6. The Balaban J connectivity index is 1.74. The highest BCUT2D eigenvalue weighted by atomic mass is 19.4. The van der Waals surface area contributed by atoms with E-state index in [2.05, 4.69) is 5.32 Å². The number of carbonyl (C=O) groups is 1. The standard InChI is InChI=1S/C20H18BF3N2O4/c22-20(23,24)15-6-3-4-13(10-15)11-17(21(29)30)25-18(27)12-26-9-8-14-5-1-2-7-16(14)19(26)28/h1-10,17,29-30H,11-12H2,(H,25,27)/t17-/m0/s1. The van der Waals surface area contributed by atoms with Crippen LogP contribution in [0, 0.1) is 0 Å². The van der Waals surface area contributed by atoms with E-state index in [-0.39, 0.29) is 24.1 Å². The zero-order chi connectivity index (χ0) is 21.9. The molecule has 0 aliphatic heterocycles. The smallest absolute Gasteiger partial charge is 0.426 e. The Kier molecular flexibility index (Phi) is 6.28. The van der Waals surface area contributed by atoms with E-state index >= 15 is 0 Å². The summed E-state index contributed by atoms with van der Waals surface area (Å²) in [4.78, 5) is 24.8. The minimum absolute atomic E-state index is 0.172. The number of pyridine rings is 1. The van der Waals surface area contributed by atoms with Gasteiger partial charge in [-0.1, -0.05) is 36.4 Å². The predicted octanol–water partition coefficient (Wildman–Crippen LogP) is 1.76. The Bertz CT molecular complexity index is 1110. The minimum Gasteiger partial charge on any atom is -0.426 e. The van der Waals surface area contributed by atoms with Crippen molar-refractivity contribution in [2.24, 2.45) is 0 Å². The first kappa shape index (κ1) is 21.6. The second-order valence-corrected chi connectivity index (χ2v) is 6.83. The second kappa shape index (κ2) is 8.72. The van der Waals surface area contributed by atoms with E-state index in [0.29, 0.717) is 10.8 Å². The Morgan fingerprint density at radius 2 is 1.83 bits per heavy atom. The number of alkyl halides is 3. The molecule has 0 unspecified atom stereocenters. The van der Waals surface area contributed by atoms with E-state index in [1.54, 1.807) is 30.3 Å². The van der Waals surface area contributed by atoms with Crippen molar-refractivity contribution in [2.75, 3.05) is 0 Å². The van der Waals surface area contributed by atoms with Crippen LogP contribution in [-0.4, -0.2) is 33.6 Å². The van der Waals surface area contributed by atoms with Gasteiger partial charge >= 0.3 is 13.3 Å². The lowest BCUT2D eigenvalue weighted by Gasteiger charge is -2.19. The molecule has 0 spiro atoms. The van der Waals surface area contributed by atoms with Gasteiger partial charge in [0.25, 0.3) is 5.56 Å². The van der Waals surface area contributed by atoms with Gasteiger partial charge in [0, 0.05) is 11.6 Å². The van der Waals surface area contributed by atoms with Gasteiger partial charge in [-0.3, -0.25) is 9.59 Å². The first-order valence-corrected chi connectivity index (χ1v) is 9.05. The number of aromatic nitrogens is 1. The van der Waals surface area contributed by atoms with E-state index in [1.807, 2.05) is 0 Å². The molecule has 1 atom stereocenters. The minimum atomic E-state index is -4.54. The van der Waals surface area contributed by atoms with Crippen LogP contribution in [0.3, 0.4) is 0 Å². The summed E-state index contributed by atoms with van der Waals surface area (Å²) >= 11 is 0. The number of hydrogen-bond acceptors (Lipinski definition) is 4. The van der Waals surface area contributed by atoms with Crippen LogP contribution in [0.4, 0.5) is 13.2 Å². The average molecular weight is 418 g/mol. The van der Waals surface area contributed by atoms with Crippen molar-refractivity contribution in [2.45, 2.75) is 25.1 Å². The maximum absolute atomic E-state index is 12.9. The molecular formula is C20H18BF3N2O4. The topological polar surface area (TPSA) is 91.6 Å². The largest absolute Gasteiger partial charge is 0.475 e. The average Bonchev–Trinajstić information content (AvgIpc) is 2.69. The van der Waals surface area contributed by atoms with Crippen molar-refractivity contribution in [3.63, 3.8) is 0 Å². The quantitative estimate of drug-likeness (QED) is 0.533. The maximum Gasteiger partial charge on any atom is 0.475 e. The lowest BCUT2D eigenvalue weighted by Crippen LogP contribution is -2.49. The number of nitrogens with one attached hydrogen (secondary N) is 1. The van der Waals surface area contributed by atoms with E-state index in [1.165, 1.54) is 22.9 Å². The number of fused-ring (bicyclic) bond motifs is 1. The highest BCUT2D eigenvalue weighted by Crippen LogP contribution is 2.29.